The second kappa shape index (κ2) is 12.2. The van der Waals surface area contributed by atoms with Gasteiger partial charge in [-0.1, -0.05) is 31.7 Å². The number of aromatic hydroxyl groups is 1. The van der Waals surface area contributed by atoms with Gasteiger partial charge in [0.1, 0.15) is 11.5 Å². The normalized spacial score (nSPS) is 14.8. The molecule has 204 valence electrons. The van der Waals surface area contributed by atoms with Crippen molar-refractivity contribution in [3.63, 3.8) is 0 Å². The van der Waals surface area contributed by atoms with Crippen LogP contribution in [0.1, 0.15) is 33.1 Å². The van der Waals surface area contributed by atoms with E-state index in [0.717, 1.165) is 10.8 Å². The number of ether oxygens (including phenoxy) is 2. The summed E-state index contributed by atoms with van der Waals surface area (Å²) in [6, 6.07) is 16.5. The smallest absolute Gasteiger partial charge is 0.265 e. The van der Waals surface area contributed by atoms with Gasteiger partial charge in [0, 0.05) is 19.6 Å². The van der Waals surface area contributed by atoms with Crippen molar-refractivity contribution in [3.8, 4) is 11.5 Å². The molecule has 1 saturated heterocycles. The molecule has 10 nitrogen and oxygen atoms in total. The minimum absolute atomic E-state index is 0. The summed E-state index contributed by atoms with van der Waals surface area (Å²) in [7, 11) is -4.12. The molecule has 3 aromatic rings. The first kappa shape index (κ1) is 28.9. The second-order valence-corrected chi connectivity index (χ2v) is 11.0. The van der Waals surface area contributed by atoms with Gasteiger partial charge in [-0.05, 0) is 66.4 Å². The van der Waals surface area contributed by atoms with E-state index >= 15 is 0 Å². The molecule has 0 unspecified atom stereocenters. The van der Waals surface area contributed by atoms with Crippen molar-refractivity contribution in [3.05, 3.63) is 60.7 Å². The maximum atomic E-state index is 13.3. The van der Waals surface area contributed by atoms with Crippen molar-refractivity contribution >= 4 is 38.1 Å². The van der Waals surface area contributed by atoms with E-state index in [4.69, 9.17) is 14.7 Å². The highest BCUT2D eigenvalue weighted by Crippen LogP contribution is 2.36. The van der Waals surface area contributed by atoms with Crippen LogP contribution in [-0.2, 0) is 24.2 Å². The van der Waals surface area contributed by atoms with Crippen LogP contribution in [0.4, 0.5) is 5.69 Å². The van der Waals surface area contributed by atoms with E-state index < -0.39 is 20.5 Å². The average Bonchev–Trinajstić information content (AvgIpc) is 2.91. The van der Waals surface area contributed by atoms with Gasteiger partial charge < -0.3 is 19.9 Å². The highest BCUT2D eigenvalue weighted by molar-refractivity contribution is 7.93. The number of hydrogen-bond donors (Lipinski definition) is 4. The molecule has 0 saturated carbocycles. The molecule has 0 aliphatic carbocycles. The SMILES string of the molecule is C.O=C(CCCOc1ccc(S(=O)(=O)C2(C(=O)NO)CCOCC2)cc1)Nc1cc2ccccc2cc1O. The molecule has 0 radical (unpaired) electrons. The third-order valence-electron chi connectivity index (χ3n) is 6.42. The summed E-state index contributed by atoms with van der Waals surface area (Å²) in [5.41, 5.74) is 1.82. The molecular formula is C27H32N2O8S. The van der Waals surface area contributed by atoms with Crippen molar-refractivity contribution < 1.29 is 37.8 Å². The standard InChI is InChI=1S/C26H28N2O8S.CH4/c29-23-17-19-5-2-1-4-18(19)16-22(23)27-24(30)6-3-13-36-20-7-9-21(10-8-20)37(33,34)26(25(31)28-32)11-14-35-15-12-26;/h1-2,4-5,7-10,16-17,29,32H,3,6,11-15H2,(H,27,30)(H,28,31);1H4. The lowest BCUT2D eigenvalue weighted by atomic mass is 9.98. The Balaban J connectivity index is 0.00000400. The lowest BCUT2D eigenvalue weighted by Gasteiger charge is -2.34. The molecule has 1 fully saturated rings. The third-order valence-corrected chi connectivity index (χ3v) is 8.93. The largest absolute Gasteiger partial charge is 0.506 e. The van der Waals surface area contributed by atoms with Gasteiger partial charge in [-0.3, -0.25) is 14.8 Å². The number of benzene rings is 3. The van der Waals surface area contributed by atoms with Crippen LogP contribution in [0.3, 0.4) is 0 Å². The molecule has 1 aliphatic heterocycles. The number of fused-ring (bicyclic) bond motifs is 1. The summed E-state index contributed by atoms with van der Waals surface area (Å²) < 4.78 is 35.6. The van der Waals surface area contributed by atoms with Gasteiger partial charge in [-0.15, -0.1) is 0 Å². The first-order valence-electron chi connectivity index (χ1n) is 11.8. The predicted molar refractivity (Wildman–Crippen MR) is 142 cm³/mol. The van der Waals surface area contributed by atoms with Crippen molar-refractivity contribution in [2.75, 3.05) is 25.1 Å². The molecular weight excluding hydrogens is 512 g/mol. The first-order chi connectivity index (χ1) is 17.8. The molecule has 4 N–H and O–H groups in total. The average molecular weight is 545 g/mol. The van der Waals surface area contributed by atoms with E-state index in [9.17, 15) is 23.1 Å². The van der Waals surface area contributed by atoms with Crippen molar-refractivity contribution in [2.45, 2.75) is 42.8 Å². The molecule has 11 heteroatoms. The Labute approximate surface area is 221 Å². The number of phenolic OH excluding ortho intramolecular Hbond substituents is 1. The van der Waals surface area contributed by atoms with Gasteiger partial charge in [0.15, 0.2) is 14.6 Å². The number of amides is 2. The van der Waals surface area contributed by atoms with Crippen LogP contribution in [0, 0.1) is 0 Å². The van der Waals surface area contributed by atoms with Gasteiger partial charge in [0.2, 0.25) is 5.91 Å². The predicted octanol–water partition coefficient (Wildman–Crippen LogP) is 3.81. The number of anilines is 1. The van der Waals surface area contributed by atoms with Crippen LogP contribution in [0.2, 0.25) is 0 Å². The number of hydroxylamine groups is 1. The highest BCUT2D eigenvalue weighted by atomic mass is 32.2. The molecule has 0 aromatic heterocycles. The van der Waals surface area contributed by atoms with E-state index in [-0.39, 0.29) is 63.1 Å². The zero-order valence-corrected chi connectivity index (χ0v) is 20.8. The summed E-state index contributed by atoms with van der Waals surface area (Å²) in [5, 5.41) is 23.8. The fourth-order valence-electron chi connectivity index (χ4n) is 4.33. The Morgan fingerprint density at radius 1 is 1.00 bits per heavy atom. The fourth-order valence-corrected chi connectivity index (χ4v) is 6.26. The van der Waals surface area contributed by atoms with Crippen molar-refractivity contribution in [1.82, 2.24) is 5.48 Å². The Morgan fingerprint density at radius 3 is 2.26 bits per heavy atom. The Kier molecular flexibility index (Phi) is 9.31. The molecule has 38 heavy (non-hydrogen) atoms. The maximum absolute atomic E-state index is 13.3. The zero-order chi connectivity index (χ0) is 26.5. The number of phenols is 1. The molecule has 3 aromatic carbocycles. The summed E-state index contributed by atoms with van der Waals surface area (Å²) in [4.78, 5) is 24.6. The number of sulfone groups is 1. The lowest BCUT2D eigenvalue weighted by Crippen LogP contribution is -2.54. The Bertz CT molecular complexity index is 1380. The van der Waals surface area contributed by atoms with Crippen molar-refractivity contribution in [2.24, 2.45) is 0 Å². The van der Waals surface area contributed by atoms with Crippen LogP contribution in [-0.4, -0.2) is 55.1 Å². The van der Waals surface area contributed by atoms with Gasteiger partial charge in [0.25, 0.3) is 5.91 Å². The van der Waals surface area contributed by atoms with Crippen LogP contribution in [0.5, 0.6) is 11.5 Å². The topological polar surface area (TPSA) is 151 Å². The molecule has 0 bridgehead atoms. The van der Waals surface area contributed by atoms with Crippen molar-refractivity contribution in [1.29, 1.82) is 0 Å². The molecule has 0 spiro atoms. The summed E-state index contributed by atoms with van der Waals surface area (Å²) in [6.45, 7) is 0.376. The van der Waals surface area contributed by atoms with E-state index in [1.807, 2.05) is 24.3 Å². The van der Waals surface area contributed by atoms with E-state index in [0.29, 0.717) is 17.9 Å². The van der Waals surface area contributed by atoms with Crippen LogP contribution < -0.4 is 15.5 Å². The van der Waals surface area contributed by atoms with E-state index in [1.54, 1.807) is 12.1 Å². The van der Waals surface area contributed by atoms with Gasteiger partial charge in [-0.25, -0.2) is 13.9 Å². The fraction of sp³-hybridized carbons (Fsp3) is 0.333. The number of rotatable bonds is 9. The number of hydrogen-bond acceptors (Lipinski definition) is 8. The van der Waals surface area contributed by atoms with Crippen LogP contribution in [0.25, 0.3) is 10.8 Å². The molecule has 0 atom stereocenters. The molecule has 2 amide bonds. The van der Waals surface area contributed by atoms with Crippen LogP contribution in [0.15, 0.2) is 65.6 Å². The minimum atomic E-state index is -4.12. The van der Waals surface area contributed by atoms with Gasteiger partial charge in [-0.2, -0.15) is 0 Å². The second-order valence-electron chi connectivity index (χ2n) is 8.74. The number of nitrogens with one attached hydrogen (secondary N) is 2. The zero-order valence-electron chi connectivity index (χ0n) is 20.0. The minimum Gasteiger partial charge on any atom is -0.506 e. The van der Waals surface area contributed by atoms with Gasteiger partial charge >= 0.3 is 0 Å². The Hall–Kier alpha value is -3.67. The first-order valence-corrected chi connectivity index (χ1v) is 13.3. The lowest BCUT2D eigenvalue weighted by molar-refractivity contribution is -0.134. The summed E-state index contributed by atoms with van der Waals surface area (Å²) >= 11 is 0. The number of carbonyl (C=O) groups is 2. The summed E-state index contributed by atoms with van der Waals surface area (Å²) in [6.07, 6.45) is 0.400. The molecule has 4 rings (SSSR count). The monoisotopic (exact) mass is 544 g/mol. The maximum Gasteiger partial charge on any atom is 0.265 e. The molecule has 1 aliphatic rings. The summed E-state index contributed by atoms with van der Waals surface area (Å²) in [5.74, 6) is -0.873. The van der Waals surface area contributed by atoms with Crippen LogP contribution >= 0.6 is 0 Å². The van der Waals surface area contributed by atoms with E-state index in [2.05, 4.69) is 5.32 Å². The third kappa shape index (κ3) is 5.90. The quantitative estimate of drug-likeness (QED) is 0.137. The molecule has 1 heterocycles. The van der Waals surface area contributed by atoms with Gasteiger partial charge in [0.05, 0.1) is 17.2 Å². The number of carbonyl (C=O) groups excluding carboxylic acids is 2. The highest BCUT2D eigenvalue weighted by Gasteiger charge is 2.52. The Morgan fingerprint density at radius 2 is 1.63 bits per heavy atom. The van der Waals surface area contributed by atoms with E-state index in [1.165, 1.54) is 29.7 Å².